The second kappa shape index (κ2) is 8.09. The van der Waals surface area contributed by atoms with E-state index < -0.39 is 10.0 Å². The lowest BCUT2D eigenvalue weighted by Gasteiger charge is -2.16. The first-order chi connectivity index (χ1) is 10.6. The van der Waals surface area contributed by atoms with Crippen molar-refractivity contribution in [1.29, 1.82) is 0 Å². The van der Waals surface area contributed by atoms with Crippen LogP contribution in [0.2, 0.25) is 0 Å². The molecule has 124 valence electrons. The first kappa shape index (κ1) is 17.4. The molecule has 0 aliphatic carbocycles. The molecule has 0 radical (unpaired) electrons. The van der Waals surface area contributed by atoms with Gasteiger partial charge in [-0.1, -0.05) is 38.8 Å². The van der Waals surface area contributed by atoms with Crippen molar-refractivity contribution in [1.82, 2.24) is 9.62 Å². The van der Waals surface area contributed by atoms with E-state index in [1.165, 1.54) is 12.8 Å². The lowest BCUT2D eigenvalue weighted by Crippen LogP contribution is -2.27. The minimum absolute atomic E-state index is 0.415. The summed E-state index contributed by atoms with van der Waals surface area (Å²) in [6.45, 7) is 7.55. The topological polar surface area (TPSA) is 49.4 Å². The van der Waals surface area contributed by atoms with E-state index in [0.717, 1.165) is 37.4 Å². The van der Waals surface area contributed by atoms with Crippen molar-refractivity contribution in [2.45, 2.75) is 51.0 Å². The Morgan fingerprint density at radius 3 is 2.23 bits per heavy atom. The summed E-state index contributed by atoms with van der Waals surface area (Å²) in [7, 11) is -3.28. The number of hydrogen-bond donors (Lipinski definition) is 1. The fourth-order valence-corrected chi connectivity index (χ4v) is 4.37. The van der Waals surface area contributed by atoms with Crippen molar-refractivity contribution in [3.63, 3.8) is 0 Å². The third-order valence-electron chi connectivity index (χ3n) is 4.54. The Balaban J connectivity index is 1.92. The van der Waals surface area contributed by atoms with Crippen LogP contribution in [0.1, 0.15) is 45.1 Å². The lowest BCUT2D eigenvalue weighted by molar-refractivity contribution is 0.449. The Hall–Kier alpha value is -0.910. The average molecular weight is 324 g/mol. The van der Waals surface area contributed by atoms with Crippen LogP contribution in [0.3, 0.4) is 0 Å². The van der Waals surface area contributed by atoms with E-state index in [4.69, 9.17) is 0 Å². The summed E-state index contributed by atoms with van der Waals surface area (Å²) in [5.74, 6) is 0.717. The maximum Gasteiger partial charge on any atom is 0.243 e. The van der Waals surface area contributed by atoms with Gasteiger partial charge in [0.1, 0.15) is 0 Å². The summed E-state index contributed by atoms with van der Waals surface area (Å²) in [4.78, 5) is 0.415. The molecule has 2 rings (SSSR count). The fraction of sp³-hybridized carbons (Fsp3) is 0.647. The van der Waals surface area contributed by atoms with Crippen molar-refractivity contribution < 1.29 is 8.42 Å². The van der Waals surface area contributed by atoms with E-state index in [9.17, 15) is 8.42 Å². The molecule has 1 aromatic carbocycles. The highest BCUT2D eigenvalue weighted by atomic mass is 32.2. The molecule has 0 aromatic heterocycles. The zero-order valence-corrected chi connectivity index (χ0v) is 14.5. The monoisotopic (exact) mass is 324 g/mol. The number of sulfonamides is 1. The smallest absolute Gasteiger partial charge is 0.243 e. The van der Waals surface area contributed by atoms with E-state index in [-0.39, 0.29) is 0 Å². The Kier molecular flexibility index (Phi) is 6.41. The number of rotatable bonds is 8. The SMILES string of the molecule is CCC(CC)CNCc1ccc(S(=O)(=O)N2CCCC2)cc1. The predicted octanol–water partition coefficient (Wildman–Crippen LogP) is 3.00. The average Bonchev–Trinajstić information content (AvgIpc) is 3.07. The van der Waals surface area contributed by atoms with Gasteiger partial charge >= 0.3 is 0 Å². The van der Waals surface area contributed by atoms with Crippen molar-refractivity contribution in [2.24, 2.45) is 5.92 Å². The van der Waals surface area contributed by atoms with Crippen molar-refractivity contribution in [2.75, 3.05) is 19.6 Å². The highest BCUT2D eigenvalue weighted by molar-refractivity contribution is 7.89. The van der Waals surface area contributed by atoms with Crippen molar-refractivity contribution in [3.05, 3.63) is 29.8 Å². The molecule has 0 amide bonds. The Labute approximate surface area is 135 Å². The zero-order chi connectivity index (χ0) is 16.0. The molecule has 4 nitrogen and oxygen atoms in total. The summed E-state index contributed by atoms with van der Waals surface area (Å²) in [6.07, 6.45) is 4.32. The second-order valence-electron chi connectivity index (χ2n) is 6.07. The molecular formula is C17H28N2O2S. The number of hydrogen-bond acceptors (Lipinski definition) is 3. The molecule has 1 aliphatic heterocycles. The van der Waals surface area contributed by atoms with Gasteiger partial charge in [-0.15, -0.1) is 0 Å². The molecule has 0 bridgehead atoms. The van der Waals surface area contributed by atoms with Gasteiger partial charge in [-0.3, -0.25) is 0 Å². The third kappa shape index (κ3) is 4.31. The molecular weight excluding hydrogens is 296 g/mol. The van der Waals surface area contributed by atoms with Crippen LogP contribution in [0.5, 0.6) is 0 Å². The van der Waals surface area contributed by atoms with Crippen LogP contribution in [0.25, 0.3) is 0 Å². The highest BCUT2D eigenvalue weighted by Gasteiger charge is 2.26. The largest absolute Gasteiger partial charge is 0.312 e. The quantitative estimate of drug-likeness (QED) is 0.800. The van der Waals surface area contributed by atoms with Gasteiger partial charge in [0.05, 0.1) is 4.90 Å². The fourth-order valence-electron chi connectivity index (χ4n) is 2.85. The summed E-state index contributed by atoms with van der Waals surface area (Å²) in [5.41, 5.74) is 1.13. The van der Waals surface area contributed by atoms with E-state index in [1.807, 2.05) is 12.1 Å². The van der Waals surface area contributed by atoms with E-state index in [0.29, 0.717) is 18.0 Å². The maximum absolute atomic E-state index is 12.4. The second-order valence-corrected chi connectivity index (χ2v) is 8.01. The molecule has 1 aliphatic rings. The van der Waals surface area contributed by atoms with Gasteiger partial charge in [0.25, 0.3) is 0 Å². The maximum atomic E-state index is 12.4. The normalized spacial score (nSPS) is 16.5. The predicted molar refractivity (Wildman–Crippen MR) is 90.2 cm³/mol. The number of nitrogens with one attached hydrogen (secondary N) is 1. The van der Waals surface area contributed by atoms with Crippen molar-refractivity contribution in [3.8, 4) is 0 Å². The Morgan fingerprint density at radius 2 is 1.68 bits per heavy atom. The molecule has 0 saturated carbocycles. The van der Waals surface area contributed by atoms with Gasteiger partial charge in [-0.05, 0) is 43.0 Å². The third-order valence-corrected chi connectivity index (χ3v) is 6.46. The molecule has 5 heteroatoms. The number of nitrogens with zero attached hydrogens (tertiary/aromatic N) is 1. The molecule has 1 aromatic rings. The van der Waals surface area contributed by atoms with E-state index in [1.54, 1.807) is 16.4 Å². The zero-order valence-electron chi connectivity index (χ0n) is 13.7. The van der Waals surface area contributed by atoms with Crippen LogP contribution in [0.4, 0.5) is 0 Å². The van der Waals surface area contributed by atoms with Gasteiger partial charge in [-0.2, -0.15) is 4.31 Å². The van der Waals surface area contributed by atoms with Crippen molar-refractivity contribution >= 4 is 10.0 Å². The lowest BCUT2D eigenvalue weighted by atomic mass is 10.0. The summed E-state index contributed by atoms with van der Waals surface area (Å²) < 4.78 is 26.5. The van der Waals surface area contributed by atoms with Crippen LogP contribution in [0, 0.1) is 5.92 Å². The summed E-state index contributed by atoms with van der Waals surface area (Å²) in [6, 6.07) is 7.31. The molecule has 1 heterocycles. The molecule has 0 unspecified atom stereocenters. The first-order valence-corrected chi connectivity index (χ1v) is 9.81. The Bertz CT molecular complexity index is 545. The molecule has 1 N–H and O–H groups in total. The standard InChI is InChI=1S/C17H28N2O2S/c1-3-15(4-2)13-18-14-16-7-9-17(10-8-16)22(20,21)19-11-5-6-12-19/h7-10,15,18H,3-6,11-14H2,1-2H3. The minimum atomic E-state index is -3.28. The van der Waals surface area contributed by atoms with Crippen LogP contribution in [0.15, 0.2) is 29.2 Å². The first-order valence-electron chi connectivity index (χ1n) is 8.37. The van der Waals surface area contributed by atoms with Gasteiger partial charge in [-0.25, -0.2) is 8.42 Å². The van der Waals surface area contributed by atoms with Crippen LogP contribution in [-0.2, 0) is 16.6 Å². The van der Waals surface area contributed by atoms with Gasteiger partial charge in [0, 0.05) is 19.6 Å². The minimum Gasteiger partial charge on any atom is -0.312 e. The summed E-state index contributed by atoms with van der Waals surface area (Å²) >= 11 is 0. The number of benzene rings is 1. The van der Waals surface area contributed by atoms with E-state index >= 15 is 0 Å². The van der Waals surface area contributed by atoms with Crippen LogP contribution >= 0.6 is 0 Å². The molecule has 1 saturated heterocycles. The van der Waals surface area contributed by atoms with Gasteiger partial charge in [0.2, 0.25) is 10.0 Å². The molecule has 22 heavy (non-hydrogen) atoms. The van der Waals surface area contributed by atoms with Crippen LogP contribution in [-0.4, -0.2) is 32.4 Å². The molecule has 0 spiro atoms. The molecule has 1 fully saturated rings. The van der Waals surface area contributed by atoms with Crippen LogP contribution < -0.4 is 5.32 Å². The highest BCUT2D eigenvalue weighted by Crippen LogP contribution is 2.21. The molecule has 0 atom stereocenters. The summed E-state index contributed by atoms with van der Waals surface area (Å²) in [5, 5.41) is 3.46. The van der Waals surface area contributed by atoms with E-state index in [2.05, 4.69) is 19.2 Å². The van der Waals surface area contributed by atoms with Gasteiger partial charge in [0.15, 0.2) is 0 Å². The van der Waals surface area contributed by atoms with Gasteiger partial charge < -0.3 is 5.32 Å². The Morgan fingerprint density at radius 1 is 1.09 bits per heavy atom.